The zero-order valence-corrected chi connectivity index (χ0v) is 11.0. The number of carbonyl (C=O) groups is 2. The normalized spacial score (nSPS) is 15.7. The predicted octanol–water partition coefficient (Wildman–Crippen LogP) is 4.28. The van der Waals surface area contributed by atoms with E-state index in [-0.39, 0.29) is 12.0 Å². The Morgan fingerprint density at radius 1 is 1.00 bits per heavy atom. The molecule has 0 amide bonds. The van der Waals surface area contributed by atoms with Gasteiger partial charge in [0.05, 0.1) is 17.5 Å². The van der Waals surface area contributed by atoms with Gasteiger partial charge in [-0.15, -0.1) is 0 Å². The number of ketones is 2. The Morgan fingerprint density at radius 3 is 2.05 bits per heavy atom. The van der Waals surface area contributed by atoms with Crippen molar-refractivity contribution >= 4 is 11.6 Å². The van der Waals surface area contributed by atoms with Crippen molar-refractivity contribution in [3.05, 3.63) is 34.9 Å². The summed E-state index contributed by atoms with van der Waals surface area (Å²) in [6, 6.07) is 0.785. The number of Topliss-reactive ketones (excluding diaryl/α,β-unsaturated/α-hetero) is 2. The first-order valence-corrected chi connectivity index (χ1v) is 6.34. The van der Waals surface area contributed by atoms with Crippen molar-refractivity contribution in [2.75, 3.05) is 0 Å². The zero-order valence-electron chi connectivity index (χ0n) is 11.0. The summed E-state index contributed by atoms with van der Waals surface area (Å²) in [4.78, 5) is 23.3. The monoisotopic (exact) mass is 324 g/mol. The molecule has 1 saturated carbocycles. The lowest BCUT2D eigenvalue weighted by Crippen LogP contribution is -2.18. The molecule has 0 saturated heterocycles. The van der Waals surface area contributed by atoms with Gasteiger partial charge < -0.3 is 0 Å². The van der Waals surface area contributed by atoms with E-state index in [1.54, 1.807) is 0 Å². The van der Waals surface area contributed by atoms with Crippen LogP contribution >= 0.6 is 0 Å². The van der Waals surface area contributed by atoms with E-state index < -0.39 is 47.0 Å². The van der Waals surface area contributed by atoms with Crippen LogP contribution in [0.4, 0.5) is 26.3 Å². The first-order valence-electron chi connectivity index (χ1n) is 6.34. The quantitative estimate of drug-likeness (QED) is 0.471. The average molecular weight is 324 g/mol. The summed E-state index contributed by atoms with van der Waals surface area (Å²) < 4.78 is 76.2. The molecule has 120 valence electrons. The molecule has 0 heterocycles. The molecule has 0 radical (unpaired) electrons. The van der Waals surface area contributed by atoms with Crippen LogP contribution in [0.5, 0.6) is 0 Å². The molecule has 0 N–H and O–H groups in total. The Bertz CT molecular complexity index is 611. The van der Waals surface area contributed by atoms with E-state index in [0.29, 0.717) is 25.0 Å². The lowest BCUT2D eigenvalue weighted by atomic mass is 9.96. The first-order chi connectivity index (χ1) is 10.00. The van der Waals surface area contributed by atoms with Gasteiger partial charge in [0.15, 0.2) is 5.78 Å². The minimum Gasteiger partial charge on any atom is -0.299 e. The van der Waals surface area contributed by atoms with Crippen LogP contribution < -0.4 is 0 Å². The van der Waals surface area contributed by atoms with Gasteiger partial charge in [0.25, 0.3) is 0 Å². The van der Waals surface area contributed by atoms with Gasteiger partial charge in [-0.25, -0.2) is 0 Å². The summed E-state index contributed by atoms with van der Waals surface area (Å²) in [7, 11) is 0. The van der Waals surface area contributed by atoms with E-state index in [4.69, 9.17) is 0 Å². The molecule has 1 aromatic rings. The molecular weight excluding hydrogens is 314 g/mol. The van der Waals surface area contributed by atoms with Crippen LogP contribution in [0, 0.1) is 5.92 Å². The van der Waals surface area contributed by atoms with Gasteiger partial charge in [-0.05, 0) is 25.0 Å². The summed E-state index contributed by atoms with van der Waals surface area (Å²) in [5.74, 6) is -1.90. The number of hydrogen-bond donors (Lipinski definition) is 0. The molecular formula is C14H10F6O2. The Morgan fingerprint density at radius 2 is 1.59 bits per heavy atom. The number of carbonyl (C=O) groups excluding carboxylic acids is 2. The van der Waals surface area contributed by atoms with Crippen molar-refractivity contribution in [2.45, 2.75) is 31.6 Å². The van der Waals surface area contributed by atoms with Gasteiger partial charge >= 0.3 is 12.4 Å². The molecule has 0 atom stereocenters. The SMILES string of the molecule is O=C(CC(=O)C1CC1)c1ccc(C(F)(F)F)cc1C(F)(F)F. The van der Waals surface area contributed by atoms with Crippen molar-refractivity contribution in [1.82, 2.24) is 0 Å². The molecule has 22 heavy (non-hydrogen) atoms. The van der Waals surface area contributed by atoms with Crippen molar-refractivity contribution in [1.29, 1.82) is 0 Å². The van der Waals surface area contributed by atoms with Crippen LogP contribution in [0.3, 0.4) is 0 Å². The second-order valence-corrected chi connectivity index (χ2v) is 5.10. The standard InChI is InChI=1S/C14H10F6O2/c15-13(16,17)8-3-4-9(10(5-8)14(18,19)20)12(22)6-11(21)7-1-2-7/h3-5,7H,1-2,6H2. The summed E-state index contributed by atoms with van der Waals surface area (Å²) in [5, 5.41) is 0. The van der Waals surface area contributed by atoms with Gasteiger partial charge in [-0.2, -0.15) is 26.3 Å². The van der Waals surface area contributed by atoms with Crippen molar-refractivity contribution in [2.24, 2.45) is 5.92 Å². The highest BCUT2D eigenvalue weighted by atomic mass is 19.4. The van der Waals surface area contributed by atoms with Gasteiger partial charge in [0.2, 0.25) is 0 Å². The summed E-state index contributed by atoms with van der Waals surface area (Å²) in [6.45, 7) is 0. The van der Waals surface area contributed by atoms with Crippen LogP contribution in [0.15, 0.2) is 18.2 Å². The van der Waals surface area contributed by atoms with E-state index in [1.165, 1.54) is 0 Å². The number of benzene rings is 1. The molecule has 1 aliphatic rings. The minimum atomic E-state index is -5.12. The molecule has 1 fully saturated rings. The number of rotatable bonds is 4. The van der Waals surface area contributed by atoms with Gasteiger partial charge in [0.1, 0.15) is 5.78 Å². The topological polar surface area (TPSA) is 34.1 Å². The fourth-order valence-corrected chi connectivity index (χ4v) is 2.00. The van der Waals surface area contributed by atoms with E-state index in [0.717, 1.165) is 0 Å². The third kappa shape index (κ3) is 3.66. The maximum Gasteiger partial charge on any atom is 0.417 e. The lowest BCUT2D eigenvalue weighted by molar-refractivity contribution is -0.143. The molecule has 2 nitrogen and oxygen atoms in total. The van der Waals surface area contributed by atoms with Gasteiger partial charge in [-0.1, -0.05) is 6.07 Å². The highest BCUT2D eigenvalue weighted by Gasteiger charge is 2.40. The summed E-state index contributed by atoms with van der Waals surface area (Å²) in [5.41, 5.74) is -4.07. The van der Waals surface area contributed by atoms with Crippen molar-refractivity contribution in [3.8, 4) is 0 Å². The van der Waals surface area contributed by atoms with E-state index in [2.05, 4.69) is 0 Å². The molecule has 0 spiro atoms. The summed E-state index contributed by atoms with van der Waals surface area (Å²) in [6.07, 6.45) is -9.62. The highest BCUT2D eigenvalue weighted by Crippen LogP contribution is 2.38. The molecule has 0 aromatic heterocycles. The van der Waals surface area contributed by atoms with E-state index >= 15 is 0 Å². The number of alkyl halides is 6. The Balaban J connectivity index is 2.37. The maximum atomic E-state index is 12.9. The number of hydrogen-bond acceptors (Lipinski definition) is 2. The van der Waals surface area contributed by atoms with Crippen LogP contribution in [0.1, 0.15) is 40.7 Å². The maximum absolute atomic E-state index is 12.9. The Kier molecular flexibility index (Phi) is 4.06. The van der Waals surface area contributed by atoms with Crippen LogP contribution in [0.25, 0.3) is 0 Å². The predicted molar refractivity (Wildman–Crippen MR) is 63.1 cm³/mol. The van der Waals surface area contributed by atoms with Gasteiger partial charge in [0, 0.05) is 11.5 Å². The zero-order chi connectivity index (χ0) is 16.7. The van der Waals surface area contributed by atoms with E-state index in [9.17, 15) is 35.9 Å². The van der Waals surface area contributed by atoms with Crippen molar-refractivity contribution < 1.29 is 35.9 Å². The van der Waals surface area contributed by atoms with Crippen LogP contribution in [0.2, 0.25) is 0 Å². The Hall–Kier alpha value is -1.86. The molecule has 0 unspecified atom stereocenters. The molecule has 0 aliphatic heterocycles. The largest absolute Gasteiger partial charge is 0.417 e. The lowest BCUT2D eigenvalue weighted by Gasteiger charge is -2.15. The first kappa shape index (κ1) is 16.5. The fraction of sp³-hybridized carbons (Fsp3) is 0.429. The molecule has 1 aromatic carbocycles. The number of halogens is 6. The highest BCUT2D eigenvalue weighted by molar-refractivity contribution is 6.09. The minimum absolute atomic E-state index is 0.102. The molecule has 0 bridgehead atoms. The molecule has 8 heteroatoms. The average Bonchev–Trinajstić information content (AvgIpc) is 3.19. The third-order valence-electron chi connectivity index (χ3n) is 3.32. The van der Waals surface area contributed by atoms with E-state index in [1.807, 2.05) is 0 Å². The molecule has 1 aliphatic carbocycles. The fourth-order valence-electron chi connectivity index (χ4n) is 2.00. The Labute approximate surface area is 121 Å². The second-order valence-electron chi connectivity index (χ2n) is 5.10. The van der Waals surface area contributed by atoms with Crippen molar-refractivity contribution in [3.63, 3.8) is 0 Å². The second kappa shape index (κ2) is 5.40. The molecule has 2 rings (SSSR count). The third-order valence-corrected chi connectivity index (χ3v) is 3.32. The van der Waals surface area contributed by atoms with Gasteiger partial charge in [-0.3, -0.25) is 9.59 Å². The summed E-state index contributed by atoms with van der Waals surface area (Å²) >= 11 is 0. The smallest absolute Gasteiger partial charge is 0.299 e. The van der Waals surface area contributed by atoms with Crippen LogP contribution in [-0.2, 0) is 17.1 Å². The van der Waals surface area contributed by atoms with Crippen LogP contribution in [-0.4, -0.2) is 11.6 Å².